The molecule has 1 aromatic carbocycles. The predicted molar refractivity (Wildman–Crippen MR) is 52.8 cm³/mol. The molecule has 0 unspecified atom stereocenters. The van der Waals surface area contributed by atoms with E-state index in [0.717, 1.165) is 0 Å². The van der Waals surface area contributed by atoms with Crippen LogP contribution in [0, 0.1) is 0 Å². The van der Waals surface area contributed by atoms with Crippen LogP contribution >= 0.6 is 7.82 Å². The number of hydrogen-bond acceptors (Lipinski definition) is 3. The number of rotatable bonds is 3. The van der Waals surface area contributed by atoms with Gasteiger partial charge < -0.3 is 9.26 Å². The normalized spacial score (nSPS) is 10.2. The molecule has 0 aliphatic carbocycles. The second-order valence-electron chi connectivity index (χ2n) is 2.23. The fourth-order valence-electron chi connectivity index (χ4n) is 0.822. The molecular weight excluding hydrogens is 218 g/mol. The Morgan fingerprint density at radius 1 is 1.21 bits per heavy atom. The maximum absolute atomic E-state index is 10.5. The van der Waals surface area contributed by atoms with Crippen molar-refractivity contribution in [2.75, 3.05) is 7.11 Å². The third-order valence-electron chi connectivity index (χ3n) is 1.29. The molecule has 0 radical (unpaired) electrons. The number of phosphoric acid groups is 1. The van der Waals surface area contributed by atoms with Gasteiger partial charge in [-0.05, 0) is 12.1 Å². The van der Waals surface area contributed by atoms with Crippen molar-refractivity contribution in [3.63, 3.8) is 0 Å². The van der Waals surface area contributed by atoms with Gasteiger partial charge in [0.15, 0.2) is 11.5 Å². The van der Waals surface area contributed by atoms with Crippen LogP contribution in [0.2, 0.25) is 0 Å². The van der Waals surface area contributed by atoms with Gasteiger partial charge in [-0.1, -0.05) is 12.1 Å². The van der Waals surface area contributed by atoms with Gasteiger partial charge in [0.2, 0.25) is 0 Å². The second-order valence-corrected chi connectivity index (χ2v) is 3.40. The predicted octanol–water partition coefficient (Wildman–Crippen LogP) is 0.518. The SMILES string of the molecule is COc1ccccc1OP(=O)(O)O.[NaH]. The number of hydrogen-bond donors (Lipinski definition) is 2. The summed E-state index contributed by atoms with van der Waals surface area (Å²) in [5.41, 5.74) is 0. The van der Waals surface area contributed by atoms with Gasteiger partial charge in [0.05, 0.1) is 7.11 Å². The molecule has 1 rings (SSSR count). The minimum atomic E-state index is -4.51. The molecule has 0 atom stereocenters. The fourth-order valence-corrected chi connectivity index (χ4v) is 1.23. The fraction of sp³-hybridized carbons (Fsp3) is 0.143. The van der Waals surface area contributed by atoms with Gasteiger partial charge in [0, 0.05) is 0 Å². The van der Waals surface area contributed by atoms with Crippen LogP contribution in [0.15, 0.2) is 24.3 Å². The molecule has 0 aliphatic heterocycles. The number of ether oxygens (including phenoxy) is 1. The van der Waals surface area contributed by atoms with Crippen molar-refractivity contribution in [3.8, 4) is 11.5 Å². The van der Waals surface area contributed by atoms with Crippen LogP contribution in [0.3, 0.4) is 0 Å². The molecule has 7 heteroatoms. The molecule has 0 spiro atoms. The summed E-state index contributed by atoms with van der Waals surface area (Å²) in [6, 6.07) is 6.22. The van der Waals surface area contributed by atoms with Crippen molar-refractivity contribution in [2.24, 2.45) is 0 Å². The molecule has 0 heterocycles. The number of para-hydroxylation sites is 2. The van der Waals surface area contributed by atoms with Crippen LogP contribution in [-0.2, 0) is 4.57 Å². The Hall–Kier alpha value is -0.0300. The van der Waals surface area contributed by atoms with Crippen LogP contribution in [0.4, 0.5) is 0 Å². The zero-order valence-electron chi connectivity index (χ0n) is 6.88. The van der Waals surface area contributed by atoms with Crippen molar-refractivity contribution in [2.45, 2.75) is 0 Å². The average Bonchev–Trinajstić information content (AvgIpc) is 2.02. The Morgan fingerprint density at radius 3 is 2.14 bits per heavy atom. The summed E-state index contributed by atoms with van der Waals surface area (Å²) >= 11 is 0. The maximum atomic E-state index is 10.5. The summed E-state index contributed by atoms with van der Waals surface area (Å²) in [5, 5.41) is 0. The van der Waals surface area contributed by atoms with Crippen LogP contribution in [0.25, 0.3) is 0 Å². The molecule has 0 saturated heterocycles. The first kappa shape index (κ1) is 14.0. The van der Waals surface area contributed by atoms with Crippen molar-refractivity contribution in [1.82, 2.24) is 0 Å². The Morgan fingerprint density at radius 2 is 1.71 bits per heavy atom. The summed E-state index contributed by atoms with van der Waals surface area (Å²) in [6.07, 6.45) is 0. The average molecular weight is 228 g/mol. The molecule has 1 aromatic rings. The monoisotopic (exact) mass is 228 g/mol. The molecule has 0 amide bonds. The van der Waals surface area contributed by atoms with E-state index in [4.69, 9.17) is 14.5 Å². The van der Waals surface area contributed by atoms with Gasteiger partial charge in [-0.3, -0.25) is 9.79 Å². The summed E-state index contributed by atoms with van der Waals surface area (Å²) in [4.78, 5) is 17.0. The van der Waals surface area contributed by atoms with Crippen molar-refractivity contribution in [1.29, 1.82) is 0 Å². The van der Waals surface area contributed by atoms with Gasteiger partial charge in [-0.15, -0.1) is 0 Å². The van der Waals surface area contributed by atoms with Gasteiger partial charge in [0.1, 0.15) is 0 Å². The topological polar surface area (TPSA) is 76.0 Å². The van der Waals surface area contributed by atoms with Gasteiger partial charge in [-0.2, -0.15) is 0 Å². The molecule has 5 nitrogen and oxygen atoms in total. The molecule has 0 aromatic heterocycles. The second kappa shape index (κ2) is 5.75. The van der Waals surface area contributed by atoms with Crippen LogP contribution < -0.4 is 9.26 Å². The van der Waals surface area contributed by atoms with Crippen molar-refractivity contribution < 1.29 is 23.6 Å². The summed E-state index contributed by atoms with van der Waals surface area (Å²) < 4.78 is 19.7. The molecular formula is C7H10NaO5P. The Balaban J connectivity index is 0.00000169. The van der Waals surface area contributed by atoms with E-state index in [1.54, 1.807) is 18.2 Å². The molecule has 2 N–H and O–H groups in total. The quantitative estimate of drug-likeness (QED) is 0.582. The van der Waals surface area contributed by atoms with E-state index in [-0.39, 0.29) is 41.1 Å². The van der Waals surface area contributed by atoms with E-state index < -0.39 is 7.82 Å². The first-order valence-electron chi connectivity index (χ1n) is 3.41. The van der Waals surface area contributed by atoms with Crippen LogP contribution in [-0.4, -0.2) is 46.5 Å². The summed E-state index contributed by atoms with van der Waals surface area (Å²) in [5.74, 6) is 0.309. The standard InChI is InChI=1S/C7H9O5P.Na.H/c1-11-6-4-2-3-5-7(6)12-13(8,9)10;;/h2-5H,1H3,(H2,8,9,10);;. The van der Waals surface area contributed by atoms with Crippen LogP contribution in [0.1, 0.15) is 0 Å². The van der Waals surface area contributed by atoms with E-state index >= 15 is 0 Å². The minimum absolute atomic E-state index is 0. The third-order valence-corrected chi connectivity index (χ3v) is 1.72. The third kappa shape index (κ3) is 4.46. The Kier molecular flexibility index (Phi) is 5.74. The molecule has 0 aliphatic rings. The first-order valence-corrected chi connectivity index (χ1v) is 4.94. The Bertz CT molecular complexity index is 337. The molecule has 14 heavy (non-hydrogen) atoms. The van der Waals surface area contributed by atoms with Gasteiger partial charge in [-0.25, -0.2) is 4.57 Å². The number of benzene rings is 1. The Labute approximate surface area is 104 Å². The van der Waals surface area contributed by atoms with Gasteiger partial charge in [0.25, 0.3) is 0 Å². The van der Waals surface area contributed by atoms with E-state index in [1.165, 1.54) is 13.2 Å². The van der Waals surface area contributed by atoms with Crippen molar-refractivity contribution in [3.05, 3.63) is 24.3 Å². The van der Waals surface area contributed by atoms with Crippen molar-refractivity contribution >= 4 is 37.4 Å². The summed E-state index contributed by atoms with van der Waals surface area (Å²) in [6.45, 7) is 0. The summed E-state index contributed by atoms with van der Waals surface area (Å²) in [7, 11) is -3.12. The first-order chi connectivity index (χ1) is 6.03. The zero-order chi connectivity index (χ0) is 9.90. The molecule has 74 valence electrons. The molecule has 0 saturated carbocycles. The van der Waals surface area contributed by atoms with Gasteiger partial charge >= 0.3 is 37.4 Å². The molecule has 0 bridgehead atoms. The number of methoxy groups -OCH3 is 1. The van der Waals surface area contributed by atoms with E-state index in [0.29, 0.717) is 0 Å². The van der Waals surface area contributed by atoms with E-state index in [1.807, 2.05) is 0 Å². The van der Waals surface area contributed by atoms with Crippen LogP contribution in [0.5, 0.6) is 11.5 Å². The zero-order valence-corrected chi connectivity index (χ0v) is 7.77. The van der Waals surface area contributed by atoms with E-state index in [9.17, 15) is 4.57 Å². The molecule has 0 fully saturated rings. The number of phosphoric ester groups is 1. The van der Waals surface area contributed by atoms with E-state index in [2.05, 4.69) is 4.52 Å².